The number of fused-ring (bicyclic) bond motifs is 1. The summed E-state index contributed by atoms with van der Waals surface area (Å²) in [4.78, 5) is 2.26. The second-order valence-electron chi connectivity index (χ2n) is 6.69. The Hall–Kier alpha value is -1.84. The van der Waals surface area contributed by atoms with Gasteiger partial charge in [0.25, 0.3) is 0 Å². The number of nitrogens with zero attached hydrogens (tertiary/aromatic N) is 1. The zero-order chi connectivity index (χ0) is 15.6. The molecule has 1 saturated heterocycles. The molecular weight excluding hydrogens is 286 g/mol. The van der Waals surface area contributed by atoms with E-state index in [1.54, 1.807) is 0 Å². The molecule has 1 N–H and O–H groups in total. The van der Waals surface area contributed by atoms with E-state index in [2.05, 4.69) is 47.4 Å². The molecule has 3 nitrogen and oxygen atoms in total. The van der Waals surface area contributed by atoms with Gasteiger partial charge in [-0.15, -0.1) is 0 Å². The third kappa shape index (κ3) is 3.26. The van der Waals surface area contributed by atoms with Gasteiger partial charge in [0.15, 0.2) is 0 Å². The van der Waals surface area contributed by atoms with Gasteiger partial charge in [-0.3, -0.25) is 4.90 Å². The van der Waals surface area contributed by atoms with Crippen LogP contribution in [0.2, 0.25) is 0 Å². The smallest absolute Gasteiger partial charge is 0.138 e. The van der Waals surface area contributed by atoms with Crippen molar-refractivity contribution in [3.8, 4) is 5.75 Å². The molecule has 3 heteroatoms. The highest BCUT2D eigenvalue weighted by atomic mass is 16.5. The molecule has 120 valence electrons. The van der Waals surface area contributed by atoms with Crippen molar-refractivity contribution in [2.45, 2.75) is 38.0 Å². The van der Waals surface area contributed by atoms with Crippen LogP contribution in [0.25, 0.3) is 0 Å². The van der Waals surface area contributed by atoms with Crippen molar-refractivity contribution in [1.82, 2.24) is 4.90 Å². The fourth-order valence-electron chi connectivity index (χ4n) is 3.72. The fraction of sp³-hybridized carbons (Fsp3) is 0.400. The lowest BCUT2D eigenvalue weighted by Gasteiger charge is -2.18. The van der Waals surface area contributed by atoms with Crippen LogP contribution in [-0.4, -0.2) is 35.3 Å². The number of ether oxygens (including phenoxy) is 1. The van der Waals surface area contributed by atoms with Gasteiger partial charge < -0.3 is 9.84 Å². The monoisotopic (exact) mass is 309 g/mol. The number of likely N-dealkylation sites (tertiary alicyclic amines) is 1. The minimum absolute atomic E-state index is 0.141. The highest BCUT2D eigenvalue weighted by molar-refractivity contribution is 5.38. The average Bonchev–Trinajstić information content (AvgIpc) is 3.15. The summed E-state index contributed by atoms with van der Waals surface area (Å²) in [6.07, 6.45) is 3.02. The Kier molecular flexibility index (Phi) is 4.06. The lowest BCUT2D eigenvalue weighted by Crippen LogP contribution is -2.30. The molecule has 2 aromatic rings. The minimum Gasteiger partial charge on any atom is -0.486 e. The molecule has 23 heavy (non-hydrogen) atoms. The maximum absolute atomic E-state index is 10.3. The van der Waals surface area contributed by atoms with Crippen molar-refractivity contribution < 1.29 is 9.84 Å². The molecule has 1 aliphatic heterocycles. The summed E-state index contributed by atoms with van der Waals surface area (Å²) in [6.45, 7) is 2.31. The van der Waals surface area contributed by atoms with Crippen molar-refractivity contribution in [2.75, 3.05) is 13.1 Å². The SMILES string of the molecule is O[C@@H]1CN(Cc2ccccc2)C[C@H]1Oc1ccc2c(c1)CCC2. The number of rotatable bonds is 4. The van der Waals surface area contributed by atoms with Crippen LogP contribution in [0.3, 0.4) is 0 Å². The Morgan fingerprint density at radius 2 is 1.83 bits per heavy atom. The van der Waals surface area contributed by atoms with Crippen molar-refractivity contribution >= 4 is 0 Å². The third-order valence-electron chi connectivity index (χ3n) is 4.92. The lowest BCUT2D eigenvalue weighted by molar-refractivity contribution is 0.0736. The van der Waals surface area contributed by atoms with E-state index in [4.69, 9.17) is 4.74 Å². The molecule has 0 radical (unpaired) electrons. The van der Waals surface area contributed by atoms with Crippen LogP contribution in [0.5, 0.6) is 5.75 Å². The molecule has 0 bridgehead atoms. The first-order valence-corrected chi connectivity index (χ1v) is 8.51. The van der Waals surface area contributed by atoms with Gasteiger partial charge >= 0.3 is 0 Å². The normalized spacial score (nSPS) is 23.9. The van der Waals surface area contributed by atoms with Crippen LogP contribution in [0.15, 0.2) is 48.5 Å². The van der Waals surface area contributed by atoms with Gasteiger partial charge in [0.05, 0.1) is 0 Å². The van der Waals surface area contributed by atoms with Crippen LogP contribution in [0, 0.1) is 0 Å². The zero-order valence-corrected chi connectivity index (χ0v) is 13.3. The molecule has 0 aromatic heterocycles. The standard InChI is InChI=1S/C20H23NO2/c22-19-13-21(12-15-5-2-1-3-6-15)14-20(19)23-18-10-9-16-7-4-8-17(16)11-18/h1-3,5-6,9-11,19-20,22H,4,7-8,12-14H2/t19-,20-/m1/s1. The van der Waals surface area contributed by atoms with Gasteiger partial charge in [0.2, 0.25) is 0 Å². The summed E-state index contributed by atoms with van der Waals surface area (Å²) in [5, 5.41) is 10.3. The van der Waals surface area contributed by atoms with Crippen molar-refractivity contribution in [1.29, 1.82) is 0 Å². The molecule has 0 unspecified atom stereocenters. The maximum Gasteiger partial charge on any atom is 0.138 e. The van der Waals surface area contributed by atoms with E-state index in [-0.39, 0.29) is 6.10 Å². The first kappa shape index (κ1) is 14.7. The first-order chi connectivity index (χ1) is 11.3. The molecule has 0 amide bonds. The van der Waals surface area contributed by atoms with E-state index in [9.17, 15) is 5.11 Å². The van der Waals surface area contributed by atoms with Crippen LogP contribution in [0.4, 0.5) is 0 Å². The topological polar surface area (TPSA) is 32.7 Å². The molecule has 1 heterocycles. The Morgan fingerprint density at radius 3 is 2.70 bits per heavy atom. The van der Waals surface area contributed by atoms with Gasteiger partial charge in [-0.25, -0.2) is 0 Å². The van der Waals surface area contributed by atoms with E-state index in [1.165, 1.54) is 29.5 Å². The molecule has 1 fully saturated rings. The number of hydrogen-bond donors (Lipinski definition) is 1. The predicted molar refractivity (Wildman–Crippen MR) is 90.6 cm³/mol. The van der Waals surface area contributed by atoms with Gasteiger partial charge in [0.1, 0.15) is 18.0 Å². The van der Waals surface area contributed by atoms with Crippen molar-refractivity contribution in [3.63, 3.8) is 0 Å². The Labute approximate surface area is 137 Å². The predicted octanol–water partition coefficient (Wildman–Crippen LogP) is 2.80. The summed E-state index contributed by atoms with van der Waals surface area (Å²) in [5.41, 5.74) is 4.14. The average molecular weight is 309 g/mol. The lowest BCUT2D eigenvalue weighted by atomic mass is 10.1. The molecule has 2 atom stereocenters. The first-order valence-electron chi connectivity index (χ1n) is 8.51. The van der Waals surface area contributed by atoms with Gasteiger partial charge in [-0.05, 0) is 48.1 Å². The van der Waals surface area contributed by atoms with Crippen LogP contribution in [0.1, 0.15) is 23.1 Å². The van der Waals surface area contributed by atoms with E-state index in [0.29, 0.717) is 6.54 Å². The van der Waals surface area contributed by atoms with Gasteiger partial charge in [-0.2, -0.15) is 0 Å². The fourth-order valence-corrected chi connectivity index (χ4v) is 3.72. The third-order valence-corrected chi connectivity index (χ3v) is 4.92. The number of aryl methyl sites for hydroxylation is 2. The number of β-amino-alcohol motifs (C(OH)–C–C–N with tert-alkyl or cyclic N) is 1. The van der Waals surface area contributed by atoms with E-state index in [1.807, 2.05) is 6.07 Å². The highest BCUT2D eigenvalue weighted by Crippen LogP contribution is 2.28. The second kappa shape index (κ2) is 6.34. The molecule has 0 spiro atoms. The quantitative estimate of drug-likeness (QED) is 0.942. The van der Waals surface area contributed by atoms with E-state index < -0.39 is 6.10 Å². The van der Waals surface area contributed by atoms with Crippen molar-refractivity contribution in [3.05, 3.63) is 65.2 Å². The number of aliphatic hydroxyl groups is 1. The van der Waals surface area contributed by atoms with Gasteiger partial charge in [0, 0.05) is 19.6 Å². The van der Waals surface area contributed by atoms with E-state index in [0.717, 1.165) is 25.3 Å². The number of benzene rings is 2. The summed E-state index contributed by atoms with van der Waals surface area (Å²) in [6, 6.07) is 16.8. The van der Waals surface area contributed by atoms with Crippen LogP contribution >= 0.6 is 0 Å². The highest BCUT2D eigenvalue weighted by Gasteiger charge is 2.33. The summed E-state index contributed by atoms with van der Waals surface area (Å²) < 4.78 is 6.09. The Morgan fingerprint density at radius 1 is 1.00 bits per heavy atom. The molecular formula is C20H23NO2. The van der Waals surface area contributed by atoms with E-state index >= 15 is 0 Å². The number of aliphatic hydroxyl groups excluding tert-OH is 1. The molecule has 2 aliphatic rings. The molecule has 1 aliphatic carbocycles. The zero-order valence-electron chi connectivity index (χ0n) is 13.3. The summed E-state index contributed by atoms with van der Waals surface area (Å²) in [5.74, 6) is 0.899. The van der Waals surface area contributed by atoms with Crippen LogP contribution in [-0.2, 0) is 19.4 Å². The second-order valence-corrected chi connectivity index (χ2v) is 6.69. The van der Waals surface area contributed by atoms with Crippen molar-refractivity contribution in [2.24, 2.45) is 0 Å². The van der Waals surface area contributed by atoms with Gasteiger partial charge in [-0.1, -0.05) is 36.4 Å². The summed E-state index contributed by atoms with van der Waals surface area (Å²) in [7, 11) is 0. The summed E-state index contributed by atoms with van der Waals surface area (Å²) >= 11 is 0. The Bertz CT molecular complexity index is 671. The van der Waals surface area contributed by atoms with Crippen LogP contribution < -0.4 is 4.74 Å². The molecule has 0 saturated carbocycles. The maximum atomic E-state index is 10.3. The number of hydrogen-bond acceptors (Lipinski definition) is 3. The molecule has 4 rings (SSSR count). The minimum atomic E-state index is -0.424. The largest absolute Gasteiger partial charge is 0.486 e. The molecule has 2 aromatic carbocycles. The Balaban J connectivity index is 1.40.